The zero-order valence-electron chi connectivity index (χ0n) is 11.3. The molecule has 3 aromatic rings. The van der Waals surface area contributed by atoms with Crippen LogP contribution in [0.4, 0.5) is 0 Å². The molecule has 0 radical (unpaired) electrons. The summed E-state index contributed by atoms with van der Waals surface area (Å²) in [6.07, 6.45) is 0.775. The Hall–Kier alpha value is -2.81. The first-order chi connectivity index (χ1) is 10.1. The highest BCUT2D eigenvalue weighted by Crippen LogP contribution is 2.28. The van der Waals surface area contributed by atoms with E-state index in [1.54, 1.807) is 6.07 Å². The fourth-order valence-electron chi connectivity index (χ4n) is 2.45. The van der Waals surface area contributed by atoms with E-state index < -0.39 is 5.97 Å². The van der Waals surface area contributed by atoms with Gasteiger partial charge in [-0.3, -0.25) is 0 Å². The van der Waals surface area contributed by atoms with Crippen molar-refractivity contribution in [1.29, 1.82) is 0 Å². The van der Waals surface area contributed by atoms with E-state index in [9.17, 15) is 9.90 Å². The fourth-order valence-corrected chi connectivity index (χ4v) is 2.45. The van der Waals surface area contributed by atoms with E-state index in [0.29, 0.717) is 5.39 Å². The lowest BCUT2D eigenvalue weighted by Gasteiger charge is -2.07. The highest BCUT2D eigenvalue weighted by molar-refractivity contribution is 5.97. The third kappa shape index (κ3) is 2.72. The molecule has 0 spiro atoms. The monoisotopic (exact) mass is 278 g/mol. The standard InChI is InChI=1S/C18H14O3/c19-17-11-15(18(20)21)10-14-7-6-13(9-16(14)17)8-12-4-2-1-3-5-12/h1-7,9-11,19H,8H2,(H,20,21). The molecule has 0 aliphatic carbocycles. The average Bonchev–Trinajstić information content (AvgIpc) is 2.48. The smallest absolute Gasteiger partial charge is 0.335 e. The van der Waals surface area contributed by atoms with Gasteiger partial charge in [0.1, 0.15) is 5.75 Å². The predicted octanol–water partition coefficient (Wildman–Crippen LogP) is 3.83. The maximum Gasteiger partial charge on any atom is 0.335 e. The van der Waals surface area contributed by atoms with E-state index in [0.717, 1.165) is 17.4 Å². The Morgan fingerprint density at radius 2 is 1.67 bits per heavy atom. The van der Waals surface area contributed by atoms with E-state index in [1.807, 2.05) is 36.4 Å². The van der Waals surface area contributed by atoms with Crippen molar-refractivity contribution in [2.45, 2.75) is 6.42 Å². The number of fused-ring (bicyclic) bond motifs is 1. The van der Waals surface area contributed by atoms with Gasteiger partial charge in [0.15, 0.2) is 0 Å². The molecule has 21 heavy (non-hydrogen) atoms. The molecule has 0 amide bonds. The van der Waals surface area contributed by atoms with Gasteiger partial charge in [-0.05, 0) is 41.1 Å². The second-order valence-electron chi connectivity index (χ2n) is 5.02. The van der Waals surface area contributed by atoms with E-state index in [1.165, 1.54) is 11.6 Å². The third-order valence-electron chi connectivity index (χ3n) is 3.49. The molecular formula is C18H14O3. The van der Waals surface area contributed by atoms with Crippen molar-refractivity contribution >= 4 is 16.7 Å². The van der Waals surface area contributed by atoms with Crippen LogP contribution in [0.15, 0.2) is 60.7 Å². The van der Waals surface area contributed by atoms with Gasteiger partial charge in [0, 0.05) is 5.39 Å². The van der Waals surface area contributed by atoms with Gasteiger partial charge in [0.05, 0.1) is 5.56 Å². The minimum atomic E-state index is -1.04. The number of phenols is 1. The van der Waals surface area contributed by atoms with Crippen LogP contribution in [0.2, 0.25) is 0 Å². The predicted molar refractivity (Wildman–Crippen MR) is 81.8 cm³/mol. The van der Waals surface area contributed by atoms with E-state index >= 15 is 0 Å². The number of carboxylic acids is 1. The average molecular weight is 278 g/mol. The molecule has 0 aliphatic rings. The van der Waals surface area contributed by atoms with E-state index in [4.69, 9.17) is 5.11 Å². The normalized spacial score (nSPS) is 10.7. The van der Waals surface area contributed by atoms with Gasteiger partial charge < -0.3 is 10.2 Å². The number of hydrogen-bond donors (Lipinski definition) is 2. The second-order valence-corrected chi connectivity index (χ2v) is 5.02. The van der Waals surface area contributed by atoms with Crippen LogP contribution in [0, 0.1) is 0 Å². The summed E-state index contributed by atoms with van der Waals surface area (Å²) >= 11 is 0. The van der Waals surface area contributed by atoms with Crippen molar-refractivity contribution in [3.8, 4) is 5.75 Å². The molecule has 104 valence electrons. The third-order valence-corrected chi connectivity index (χ3v) is 3.49. The lowest BCUT2D eigenvalue weighted by molar-refractivity contribution is 0.0696. The zero-order chi connectivity index (χ0) is 14.8. The number of benzene rings is 3. The Bertz CT molecular complexity index is 807. The van der Waals surface area contributed by atoms with Crippen molar-refractivity contribution in [2.75, 3.05) is 0 Å². The molecule has 0 atom stereocenters. The molecule has 0 fully saturated rings. The number of aromatic carboxylic acids is 1. The first kappa shape index (κ1) is 13.2. The molecule has 3 rings (SSSR count). The fraction of sp³-hybridized carbons (Fsp3) is 0.0556. The van der Waals surface area contributed by atoms with Crippen molar-refractivity contribution < 1.29 is 15.0 Å². The van der Waals surface area contributed by atoms with Crippen molar-refractivity contribution in [1.82, 2.24) is 0 Å². The number of hydrogen-bond acceptors (Lipinski definition) is 2. The summed E-state index contributed by atoms with van der Waals surface area (Å²) in [7, 11) is 0. The molecule has 0 unspecified atom stereocenters. The molecule has 0 aromatic heterocycles. The highest BCUT2D eigenvalue weighted by Gasteiger charge is 2.09. The van der Waals surface area contributed by atoms with Crippen molar-refractivity contribution in [3.63, 3.8) is 0 Å². The summed E-state index contributed by atoms with van der Waals surface area (Å²) in [5.41, 5.74) is 2.36. The summed E-state index contributed by atoms with van der Waals surface area (Å²) in [6.45, 7) is 0. The molecule has 3 nitrogen and oxygen atoms in total. The number of aromatic hydroxyl groups is 1. The number of rotatable bonds is 3. The van der Waals surface area contributed by atoms with Gasteiger partial charge in [0.25, 0.3) is 0 Å². The van der Waals surface area contributed by atoms with Crippen molar-refractivity contribution in [2.24, 2.45) is 0 Å². The number of carbonyl (C=O) groups is 1. The maximum atomic E-state index is 11.0. The maximum absolute atomic E-state index is 11.0. The van der Waals surface area contributed by atoms with Gasteiger partial charge in [-0.1, -0.05) is 42.5 Å². The molecule has 3 heteroatoms. The Labute approximate surface area is 122 Å². The lowest BCUT2D eigenvalue weighted by Crippen LogP contribution is -1.96. The van der Waals surface area contributed by atoms with Gasteiger partial charge >= 0.3 is 5.97 Å². The second kappa shape index (κ2) is 5.29. The Balaban J connectivity index is 2.02. The minimum Gasteiger partial charge on any atom is -0.507 e. The van der Waals surface area contributed by atoms with Crippen LogP contribution < -0.4 is 0 Å². The summed E-state index contributed by atoms with van der Waals surface area (Å²) < 4.78 is 0. The van der Waals surface area contributed by atoms with Crippen LogP contribution in [-0.4, -0.2) is 16.2 Å². The van der Waals surface area contributed by atoms with Gasteiger partial charge in [-0.25, -0.2) is 4.79 Å². The van der Waals surface area contributed by atoms with Gasteiger partial charge in [-0.2, -0.15) is 0 Å². The Morgan fingerprint density at radius 3 is 2.38 bits per heavy atom. The minimum absolute atomic E-state index is 0.000174. The zero-order valence-corrected chi connectivity index (χ0v) is 11.3. The molecule has 2 N–H and O–H groups in total. The molecule has 0 bridgehead atoms. The first-order valence-corrected chi connectivity index (χ1v) is 6.66. The van der Waals surface area contributed by atoms with Crippen LogP contribution in [-0.2, 0) is 6.42 Å². The summed E-state index contributed by atoms with van der Waals surface area (Å²) in [4.78, 5) is 11.0. The highest BCUT2D eigenvalue weighted by atomic mass is 16.4. The SMILES string of the molecule is O=C(O)c1cc(O)c2cc(Cc3ccccc3)ccc2c1. The molecule has 0 heterocycles. The number of carboxylic acid groups (broad SMARTS) is 1. The van der Waals surface area contributed by atoms with Crippen LogP contribution in [0.3, 0.4) is 0 Å². The molecule has 0 saturated carbocycles. The molecule has 0 saturated heterocycles. The summed E-state index contributed by atoms with van der Waals surface area (Å²) in [5.74, 6) is -1.04. The summed E-state index contributed by atoms with van der Waals surface area (Å²) in [5, 5.41) is 20.4. The quantitative estimate of drug-likeness (QED) is 0.765. The van der Waals surface area contributed by atoms with Gasteiger partial charge in [0.2, 0.25) is 0 Å². The topological polar surface area (TPSA) is 57.5 Å². The Morgan fingerprint density at radius 1 is 0.905 bits per heavy atom. The van der Waals surface area contributed by atoms with Gasteiger partial charge in [-0.15, -0.1) is 0 Å². The summed E-state index contributed by atoms with van der Waals surface area (Å²) in [6, 6.07) is 18.6. The van der Waals surface area contributed by atoms with Crippen LogP contribution in [0.25, 0.3) is 10.8 Å². The molecule has 3 aromatic carbocycles. The van der Waals surface area contributed by atoms with Crippen molar-refractivity contribution in [3.05, 3.63) is 77.4 Å². The van der Waals surface area contributed by atoms with E-state index in [-0.39, 0.29) is 11.3 Å². The van der Waals surface area contributed by atoms with Crippen LogP contribution in [0.1, 0.15) is 21.5 Å². The molecule has 0 aliphatic heterocycles. The van der Waals surface area contributed by atoms with Crippen LogP contribution >= 0.6 is 0 Å². The Kier molecular flexibility index (Phi) is 3.32. The number of phenolic OH excluding ortho intramolecular Hbond substituents is 1. The lowest BCUT2D eigenvalue weighted by atomic mass is 9.99. The van der Waals surface area contributed by atoms with E-state index in [2.05, 4.69) is 12.1 Å². The largest absolute Gasteiger partial charge is 0.507 e. The van der Waals surface area contributed by atoms with Crippen LogP contribution in [0.5, 0.6) is 5.75 Å². The first-order valence-electron chi connectivity index (χ1n) is 6.66. The molecular weight excluding hydrogens is 264 g/mol.